The Balaban J connectivity index is 1.19. The van der Waals surface area contributed by atoms with E-state index in [1.165, 1.54) is 168 Å². The summed E-state index contributed by atoms with van der Waals surface area (Å²) in [4.78, 5) is 0. The third-order valence-electron chi connectivity index (χ3n) is 14.9. The largest absolute Gasteiger partial charge is 0.0620 e. The van der Waals surface area contributed by atoms with Crippen LogP contribution in [-0.4, -0.2) is 0 Å². The van der Waals surface area contributed by atoms with E-state index in [2.05, 4.69) is 171 Å². The molecule has 0 spiro atoms. The van der Waals surface area contributed by atoms with Gasteiger partial charge in [0.1, 0.15) is 0 Å². The summed E-state index contributed by atoms with van der Waals surface area (Å²) in [5.74, 6) is 0. The van der Waals surface area contributed by atoms with Gasteiger partial charge >= 0.3 is 0 Å². The fraction of sp³-hybridized carbons (Fsp3) is 0.0169. The van der Waals surface area contributed by atoms with Crippen LogP contribution in [0.4, 0.5) is 0 Å². The van der Waals surface area contributed by atoms with Crippen molar-refractivity contribution in [2.45, 2.75) is 6.92 Å². The van der Waals surface area contributed by atoms with Crippen LogP contribution in [0.1, 0.15) is 5.56 Å². The van der Waals surface area contributed by atoms with Gasteiger partial charge in [0.25, 0.3) is 0 Å². The summed E-state index contributed by atoms with van der Waals surface area (Å²) in [6.45, 7) is 2.29. The number of rotatable bonds is 1. The van der Waals surface area contributed by atoms with Crippen LogP contribution in [0.2, 0.25) is 0 Å². The predicted octanol–water partition coefficient (Wildman–Crippen LogP) is 16.9. The van der Waals surface area contributed by atoms with Crippen LogP contribution in [0.25, 0.3) is 163 Å². The molecule has 0 unspecified atom stereocenters. The van der Waals surface area contributed by atoms with Gasteiger partial charge < -0.3 is 0 Å². The van der Waals surface area contributed by atoms with Gasteiger partial charge in [0.05, 0.1) is 0 Å². The maximum Gasteiger partial charge on any atom is -0.000674 e. The molecule has 16 rings (SSSR count). The van der Waals surface area contributed by atoms with Crippen molar-refractivity contribution >= 4 is 129 Å². The van der Waals surface area contributed by atoms with E-state index in [0.717, 1.165) is 0 Å². The zero-order chi connectivity index (χ0) is 38.0. The summed E-state index contributed by atoms with van der Waals surface area (Å²) in [5.41, 5.74) is 9.40. The summed E-state index contributed by atoms with van der Waals surface area (Å²) in [5, 5.41) is 32.9. The molecule has 1 aliphatic rings. The molecule has 266 valence electrons. The van der Waals surface area contributed by atoms with Crippen molar-refractivity contribution in [3.05, 3.63) is 169 Å². The lowest BCUT2D eigenvalue weighted by atomic mass is 9.86. The van der Waals surface area contributed by atoms with Crippen LogP contribution in [0.5, 0.6) is 0 Å². The van der Waals surface area contributed by atoms with E-state index >= 15 is 0 Å². The van der Waals surface area contributed by atoms with Gasteiger partial charge in [0.15, 0.2) is 0 Å². The Kier molecular flexibility index (Phi) is 4.91. The third-order valence-corrected chi connectivity index (χ3v) is 14.9. The molecule has 0 nitrogen and oxygen atoms in total. The van der Waals surface area contributed by atoms with Crippen molar-refractivity contribution in [3.63, 3.8) is 0 Å². The smallest absolute Gasteiger partial charge is 0.000674 e. The second-order valence-electron chi connectivity index (χ2n) is 17.4. The molecule has 15 aromatic rings. The molecule has 0 bridgehead atoms. The predicted molar refractivity (Wildman–Crippen MR) is 256 cm³/mol. The molecule has 0 heterocycles. The molecule has 0 aromatic heterocycles. The lowest BCUT2D eigenvalue weighted by Gasteiger charge is -2.16. The molecule has 0 saturated heterocycles. The van der Waals surface area contributed by atoms with Gasteiger partial charge in [-0.3, -0.25) is 0 Å². The molecule has 0 atom stereocenters. The van der Waals surface area contributed by atoms with Gasteiger partial charge in [-0.05, 0) is 181 Å². The quantitative estimate of drug-likeness (QED) is 0.116. The second-order valence-corrected chi connectivity index (χ2v) is 17.4. The molecule has 0 heteroatoms. The van der Waals surface area contributed by atoms with Crippen LogP contribution in [0, 0.1) is 6.92 Å². The Bertz CT molecular complexity index is 4330. The average molecular weight is 739 g/mol. The molecular weight excluding hydrogens is 709 g/mol. The van der Waals surface area contributed by atoms with Gasteiger partial charge in [-0.25, -0.2) is 0 Å². The normalized spacial score (nSPS) is 13.2. The zero-order valence-electron chi connectivity index (χ0n) is 32.1. The molecule has 59 heavy (non-hydrogen) atoms. The van der Waals surface area contributed by atoms with E-state index in [9.17, 15) is 0 Å². The molecule has 0 N–H and O–H groups in total. The Labute approximate surface area is 337 Å². The number of hydrogen-bond acceptors (Lipinski definition) is 0. The van der Waals surface area contributed by atoms with Gasteiger partial charge in [0, 0.05) is 0 Å². The van der Waals surface area contributed by atoms with Gasteiger partial charge in [-0.1, -0.05) is 158 Å². The van der Waals surface area contributed by atoms with E-state index in [-0.39, 0.29) is 0 Å². The highest BCUT2D eigenvalue weighted by molar-refractivity contribution is 6.54. The Morgan fingerprint density at radius 1 is 0.220 bits per heavy atom. The van der Waals surface area contributed by atoms with Crippen LogP contribution >= 0.6 is 0 Å². The van der Waals surface area contributed by atoms with Crippen molar-refractivity contribution in [1.29, 1.82) is 0 Å². The first kappa shape index (κ1) is 29.7. The summed E-state index contributed by atoms with van der Waals surface area (Å²) >= 11 is 0. The minimum absolute atomic E-state index is 1.30. The van der Waals surface area contributed by atoms with Crippen molar-refractivity contribution in [2.75, 3.05) is 0 Å². The highest BCUT2D eigenvalue weighted by Crippen LogP contribution is 2.59. The summed E-state index contributed by atoms with van der Waals surface area (Å²) < 4.78 is 0. The second kappa shape index (κ2) is 9.76. The van der Waals surface area contributed by atoms with E-state index in [0.29, 0.717) is 0 Å². The molecule has 0 saturated carbocycles. The van der Waals surface area contributed by atoms with Crippen molar-refractivity contribution in [3.8, 4) is 33.4 Å². The highest BCUT2D eigenvalue weighted by Gasteiger charge is 2.30. The Morgan fingerprint density at radius 3 is 1.31 bits per heavy atom. The van der Waals surface area contributed by atoms with Crippen LogP contribution in [0.3, 0.4) is 0 Å². The van der Waals surface area contributed by atoms with Gasteiger partial charge in [-0.2, -0.15) is 0 Å². The fourth-order valence-electron chi connectivity index (χ4n) is 12.8. The van der Waals surface area contributed by atoms with Crippen LogP contribution in [0.15, 0.2) is 164 Å². The standard InChI is InChI=1S/C59H30/c1-29-10-2-3-13-31(29)49-47-28-46-36-18-8-11-30-12-9-19-43(48(30)36)54(46)55-34-16-6-7-17-35(34)56(59(47)55)58-45-27-25-42-40-23-21-38-33-15-5-4-14-32(33)37-20-22-39(51(40)50(37)38)41-24-26-44(57(49)58)53(45)52(41)42/h2-28H,1H3. The molecular formula is C59H30. The van der Waals surface area contributed by atoms with E-state index in [1.807, 2.05) is 0 Å². The topological polar surface area (TPSA) is 0 Å². The molecule has 15 aromatic carbocycles. The lowest BCUT2D eigenvalue weighted by Crippen LogP contribution is -1.88. The Hall–Kier alpha value is -7.54. The van der Waals surface area contributed by atoms with E-state index in [1.54, 1.807) is 0 Å². The maximum atomic E-state index is 2.58. The third kappa shape index (κ3) is 3.17. The molecule has 1 aliphatic carbocycles. The highest BCUT2D eigenvalue weighted by atomic mass is 14.3. The van der Waals surface area contributed by atoms with Gasteiger partial charge in [0.2, 0.25) is 0 Å². The number of fused-ring (bicyclic) bond motifs is 16. The van der Waals surface area contributed by atoms with E-state index in [4.69, 9.17) is 0 Å². The number of hydrogen-bond donors (Lipinski definition) is 0. The van der Waals surface area contributed by atoms with Crippen LogP contribution in [-0.2, 0) is 0 Å². The molecule has 0 fully saturated rings. The maximum absolute atomic E-state index is 2.58. The number of benzene rings is 12. The molecule has 0 amide bonds. The summed E-state index contributed by atoms with van der Waals surface area (Å²) in [7, 11) is 0. The summed E-state index contributed by atoms with van der Waals surface area (Å²) in [6, 6.07) is 63.1. The SMILES string of the molecule is Cc1ccccc1-c1c2cc3c4cccc5cccc(c54)c3c3c4ccccc4c(c4c5ccc6c7ccc8c9c(ccc(c%10ccc(c14)c5c%106)c97)-c1ccccc1-8)c23. The van der Waals surface area contributed by atoms with E-state index < -0.39 is 0 Å². The van der Waals surface area contributed by atoms with Gasteiger partial charge in [-0.15, -0.1) is 0 Å². The first-order valence-electron chi connectivity index (χ1n) is 20.9. The minimum Gasteiger partial charge on any atom is -0.0620 e. The first-order chi connectivity index (χ1) is 29.2. The first-order valence-corrected chi connectivity index (χ1v) is 20.9. The number of aryl methyl sites for hydroxylation is 1. The Morgan fingerprint density at radius 2 is 0.627 bits per heavy atom. The molecule has 0 radical (unpaired) electrons. The van der Waals surface area contributed by atoms with Crippen molar-refractivity contribution in [2.24, 2.45) is 0 Å². The fourth-order valence-corrected chi connectivity index (χ4v) is 12.8. The molecule has 0 aliphatic heterocycles. The van der Waals surface area contributed by atoms with Crippen molar-refractivity contribution < 1.29 is 0 Å². The van der Waals surface area contributed by atoms with Crippen molar-refractivity contribution in [1.82, 2.24) is 0 Å². The summed E-state index contributed by atoms with van der Waals surface area (Å²) in [6.07, 6.45) is 0. The van der Waals surface area contributed by atoms with Crippen LogP contribution < -0.4 is 0 Å². The zero-order valence-corrected chi connectivity index (χ0v) is 32.1. The monoisotopic (exact) mass is 738 g/mol. The average Bonchev–Trinajstić information content (AvgIpc) is 4.01. The minimum atomic E-state index is 1.30. The lowest BCUT2D eigenvalue weighted by molar-refractivity contribution is 1.48.